The Labute approximate surface area is 107 Å². The van der Waals surface area contributed by atoms with Gasteiger partial charge < -0.3 is 9.26 Å². The fourth-order valence-electron chi connectivity index (χ4n) is 1.17. The molecule has 0 fully saturated rings. The third-order valence-corrected chi connectivity index (χ3v) is 4.29. The van der Waals surface area contributed by atoms with Crippen molar-refractivity contribution < 1.29 is 18.3 Å². The zero-order chi connectivity index (χ0) is 12.7. The highest BCUT2D eigenvalue weighted by molar-refractivity contribution is 8.07. The van der Waals surface area contributed by atoms with E-state index >= 15 is 0 Å². The number of hydrogen-bond acceptors (Lipinski definition) is 5. The first-order valence-corrected chi connectivity index (χ1v) is 7.92. The zero-order valence-corrected chi connectivity index (χ0v) is 11.9. The van der Waals surface area contributed by atoms with E-state index < -0.39 is 6.72 Å². The van der Waals surface area contributed by atoms with Crippen molar-refractivity contribution in [2.75, 3.05) is 20.3 Å². The molecular weight excluding hydrogens is 259 g/mol. The van der Waals surface area contributed by atoms with Crippen LogP contribution in [0.2, 0.25) is 0 Å². The molecule has 1 aromatic rings. The lowest BCUT2D eigenvalue weighted by Gasteiger charge is -2.21. The Bertz CT molecular complexity index is 370. The average molecular weight is 276 g/mol. The molecule has 0 amide bonds. The van der Waals surface area contributed by atoms with Crippen LogP contribution in [-0.2, 0) is 20.9 Å². The molecule has 0 aliphatic rings. The van der Waals surface area contributed by atoms with Crippen LogP contribution in [0.1, 0.15) is 13.8 Å². The molecule has 4 nitrogen and oxygen atoms in total. The van der Waals surface area contributed by atoms with Gasteiger partial charge >= 0.3 is 6.72 Å². The second kappa shape index (κ2) is 6.97. The van der Waals surface area contributed by atoms with Gasteiger partial charge in [0.1, 0.15) is 11.5 Å². The molecule has 0 bridgehead atoms. The summed E-state index contributed by atoms with van der Waals surface area (Å²) in [6, 6.07) is 7.15. The summed E-state index contributed by atoms with van der Waals surface area (Å²) >= 11 is 5.26. The van der Waals surface area contributed by atoms with E-state index in [1.165, 1.54) is 0 Å². The normalized spacial score (nSPS) is 11.2. The van der Waals surface area contributed by atoms with Crippen LogP contribution >= 0.6 is 6.72 Å². The highest BCUT2D eigenvalue weighted by Gasteiger charge is 2.20. The number of hydrogen-bond donors (Lipinski definition) is 0. The van der Waals surface area contributed by atoms with Crippen LogP contribution in [0.15, 0.2) is 24.3 Å². The van der Waals surface area contributed by atoms with Crippen LogP contribution < -0.4 is 9.26 Å². The van der Waals surface area contributed by atoms with E-state index in [2.05, 4.69) is 0 Å². The fraction of sp³-hybridized carbons (Fsp3) is 0.455. The number of methoxy groups -OCH3 is 1. The smallest absolute Gasteiger partial charge is 0.380 e. The molecule has 0 N–H and O–H groups in total. The molecule has 0 aliphatic carbocycles. The Morgan fingerprint density at radius 1 is 1.00 bits per heavy atom. The van der Waals surface area contributed by atoms with Crippen molar-refractivity contribution in [3.05, 3.63) is 24.3 Å². The summed E-state index contributed by atoms with van der Waals surface area (Å²) in [5, 5.41) is 0. The molecule has 0 heterocycles. The van der Waals surface area contributed by atoms with Crippen LogP contribution in [0.25, 0.3) is 0 Å². The first-order valence-electron chi connectivity index (χ1n) is 5.36. The first kappa shape index (κ1) is 14.5. The van der Waals surface area contributed by atoms with Gasteiger partial charge in [-0.3, -0.25) is 9.05 Å². The van der Waals surface area contributed by atoms with Crippen LogP contribution in [0.4, 0.5) is 0 Å². The third-order valence-electron chi connectivity index (χ3n) is 1.85. The molecule has 1 aromatic carbocycles. The monoisotopic (exact) mass is 276 g/mol. The van der Waals surface area contributed by atoms with Crippen LogP contribution in [0.3, 0.4) is 0 Å². The van der Waals surface area contributed by atoms with Gasteiger partial charge in [-0.15, -0.1) is 0 Å². The molecular formula is C11H17O4PS. The maximum atomic E-state index is 5.61. The van der Waals surface area contributed by atoms with Gasteiger partial charge in [0, 0.05) is 11.8 Å². The van der Waals surface area contributed by atoms with E-state index in [0.717, 1.165) is 5.75 Å². The van der Waals surface area contributed by atoms with Crippen molar-refractivity contribution in [2.24, 2.45) is 0 Å². The predicted molar refractivity (Wildman–Crippen MR) is 71.2 cm³/mol. The average Bonchev–Trinajstić information content (AvgIpc) is 2.30. The molecule has 0 spiro atoms. The summed E-state index contributed by atoms with van der Waals surface area (Å²) in [4.78, 5) is 0. The molecule has 0 unspecified atom stereocenters. The largest absolute Gasteiger partial charge is 0.497 e. The van der Waals surface area contributed by atoms with Gasteiger partial charge in [0.25, 0.3) is 0 Å². The minimum Gasteiger partial charge on any atom is -0.497 e. The quantitative estimate of drug-likeness (QED) is 0.714. The molecule has 1 rings (SSSR count). The van der Waals surface area contributed by atoms with Crippen LogP contribution in [0, 0.1) is 0 Å². The lowest BCUT2D eigenvalue weighted by atomic mass is 10.3. The van der Waals surface area contributed by atoms with Gasteiger partial charge in [-0.2, -0.15) is 0 Å². The zero-order valence-electron chi connectivity index (χ0n) is 10.2. The van der Waals surface area contributed by atoms with Gasteiger partial charge in [0.15, 0.2) is 0 Å². The predicted octanol–water partition coefficient (Wildman–Crippen LogP) is 3.37. The molecule has 0 atom stereocenters. The number of benzene rings is 1. The van der Waals surface area contributed by atoms with Crippen molar-refractivity contribution in [3.8, 4) is 11.5 Å². The van der Waals surface area contributed by atoms with E-state index in [1.54, 1.807) is 31.4 Å². The molecule has 17 heavy (non-hydrogen) atoms. The summed E-state index contributed by atoms with van der Waals surface area (Å²) in [5.41, 5.74) is 0. The Morgan fingerprint density at radius 3 is 1.88 bits per heavy atom. The third kappa shape index (κ3) is 4.64. The van der Waals surface area contributed by atoms with Crippen LogP contribution in [-0.4, -0.2) is 20.3 Å². The Balaban J connectivity index is 2.75. The highest BCUT2D eigenvalue weighted by Crippen LogP contribution is 2.49. The Kier molecular flexibility index (Phi) is 5.92. The van der Waals surface area contributed by atoms with Crippen molar-refractivity contribution in [2.45, 2.75) is 13.8 Å². The minimum atomic E-state index is -2.67. The molecule has 96 valence electrons. The van der Waals surface area contributed by atoms with E-state index in [9.17, 15) is 0 Å². The second-order valence-corrected chi connectivity index (χ2v) is 5.98. The van der Waals surface area contributed by atoms with Crippen molar-refractivity contribution in [1.82, 2.24) is 0 Å². The lowest BCUT2D eigenvalue weighted by Crippen LogP contribution is -2.01. The second-order valence-electron chi connectivity index (χ2n) is 3.05. The summed E-state index contributed by atoms with van der Waals surface area (Å²) in [5.74, 6) is 1.38. The maximum Gasteiger partial charge on any atom is 0.380 e. The fourth-order valence-corrected chi connectivity index (χ4v) is 3.25. The van der Waals surface area contributed by atoms with Gasteiger partial charge in [0.05, 0.1) is 20.3 Å². The molecule has 0 saturated carbocycles. The topological polar surface area (TPSA) is 36.9 Å². The molecule has 0 aliphatic heterocycles. The molecule has 6 heteroatoms. The molecule has 0 saturated heterocycles. The number of rotatable bonds is 7. The van der Waals surface area contributed by atoms with E-state index in [0.29, 0.717) is 19.0 Å². The van der Waals surface area contributed by atoms with E-state index in [-0.39, 0.29) is 0 Å². The van der Waals surface area contributed by atoms with Gasteiger partial charge in [-0.05, 0) is 38.1 Å². The number of ether oxygens (including phenoxy) is 1. The molecule has 0 radical (unpaired) electrons. The Hall–Kier alpha value is -0.610. The first-order chi connectivity index (χ1) is 8.13. The van der Waals surface area contributed by atoms with E-state index in [1.807, 2.05) is 13.8 Å². The summed E-state index contributed by atoms with van der Waals surface area (Å²) < 4.78 is 21.4. The standard InChI is InChI=1S/C11H17O4PS/c1-4-13-16(17,14-5-2)15-11-8-6-10(12-3)7-9-11/h6-9H,4-5H2,1-3H3. The van der Waals surface area contributed by atoms with Crippen molar-refractivity contribution in [3.63, 3.8) is 0 Å². The summed E-state index contributed by atoms with van der Waals surface area (Å²) in [6.07, 6.45) is 0. The molecule has 0 aromatic heterocycles. The maximum absolute atomic E-state index is 5.61. The summed E-state index contributed by atoms with van der Waals surface area (Å²) in [7, 11) is 1.61. The van der Waals surface area contributed by atoms with E-state index in [4.69, 9.17) is 30.1 Å². The minimum absolute atomic E-state index is 0.466. The Morgan fingerprint density at radius 2 is 1.47 bits per heavy atom. The highest BCUT2D eigenvalue weighted by atomic mass is 32.5. The van der Waals surface area contributed by atoms with Gasteiger partial charge in [-0.25, -0.2) is 0 Å². The van der Waals surface area contributed by atoms with Gasteiger partial charge in [-0.1, -0.05) is 0 Å². The van der Waals surface area contributed by atoms with Crippen LogP contribution in [0.5, 0.6) is 11.5 Å². The lowest BCUT2D eigenvalue weighted by molar-refractivity contribution is 0.218. The SMILES string of the molecule is CCOP(=S)(OCC)Oc1ccc(OC)cc1. The van der Waals surface area contributed by atoms with Crippen molar-refractivity contribution in [1.29, 1.82) is 0 Å². The summed E-state index contributed by atoms with van der Waals surface area (Å²) in [6.45, 7) is 1.98. The van der Waals surface area contributed by atoms with Crippen molar-refractivity contribution >= 4 is 18.5 Å². The van der Waals surface area contributed by atoms with Gasteiger partial charge in [0.2, 0.25) is 0 Å².